The highest BCUT2D eigenvalue weighted by atomic mass is 35.5. The molecule has 2 aliphatic heterocycles. The third-order valence-electron chi connectivity index (χ3n) is 9.58. The highest BCUT2D eigenvalue weighted by Gasteiger charge is 2.34. The van der Waals surface area contributed by atoms with Gasteiger partial charge < -0.3 is 20.1 Å². The lowest BCUT2D eigenvalue weighted by Gasteiger charge is -2.15. The van der Waals surface area contributed by atoms with Crippen molar-refractivity contribution in [2.75, 3.05) is 26.3 Å². The third-order valence-corrected chi connectivity index (χ3v) is 12.2. The topological polar surface area (TPSA) is 218 Å². The Morgan fingerprint density at radius 1 is 0.667 bits per heavy atom. The van der Waals surface area contributed by atoms with Gasteiger partial charge in [-0.3, -0.25) is 14.1 Å². The molecule has 4 heterocycles. The fourth-order valence-electron chi connectivity index (χ4n) is 7.05. The minimum atomic E-state index is -4.83. The van der Waals surface area contributed by atoms with Crippen molar-refractivity contribution in [3.05, 3.63) is 119 Å². The first-order chi connectivity index (χ1) is 29.9. The SMILES string of the molecule is O=C(NCCCNC(=O)c1nn(-c2ccc(Cl)cc2Cl)c2c1CCOc1c-2ccc(Cl)c1S(=O)(=O)O)c1nn(-c2ccc(Cl)cc2Cl)c2c1CCOc1cc(Cl)ccc1-2.O=S(=O)=O. The number of nitrogens with zero attached hydrogens (tertiary/aromatic N) is 4. The van der Waals surface area contributed by atoms with Gasteiger partial charge in [-0.1, -0.05) is 69.6 Å². The van der Waals surface area contributed by atoms with Crippen LogP contribution in [0.1, 0.15) is 38.5 Å². The molecule has 2 aliphatic rings. The van der Waals surface area contributed by atoms with Gasteiger partial charge in [0.2, 0.25) is 0 Å². The number of fused-ring (bicyclic) bond motifs is 6. The molecule has 63 heavy (non-hydrogen) atoms. The van der Waals surface area contributed by atoms with E-state index < -0.39 is 37.4 Å². The summed E-state index contributed by atoms with van der Waals surface area (Å²) in [4.78, 5) is 27.0. The number of ether oxygens (including phenoxy) is 2. The van der Waals surface area contributed by atoms with E-state index in [0.29, 0.717) is 78.1 Å². The number of hydrogen-bond acceptors (Lipinski definition) is 11. The molecule has 328 valence electrons. The van der Waals surface area contributed by atoms with Crippen molar-refractivity contribution in [3.8, 4) is 45.4 Å². The number of rotatable bonds is 9. The Morgan fingerprint density at radius 2 is 1.13 bits per heavy atom. The molecule has 0 saturated heterocycles. The van der Waals surface area contributed by atoms with Crippen molar-refractivity contribution < 1.29 is 44.7 Å². The van der Waals surface area contributed by atoms with E-state index in [1.165, 1.54) is 22.9 Å². The van der Waals surface area contributed by atoms with E-state index in [1.54, 1.807) is 53.2 Å². The lowest BCUT2D eigenvalue weighted by atomic mass is 10.0. The van der Waals surface area contributed by atoms with Crippen LogP contribution in [0, 0.1) is 0 Å². The summed E-state index contributed by atoms with van der Waals surface area (Å²) >= 11 is 38.1. The lowest BCUT2D eigenvalue weighted by Crippen LogP contribution is -2.31. The Labute approximate surface area is 389 Å². The largest absolute Gasteiger partial charge is 0.492 e. The minimum absolute atomic E-state index is 0.0211. The molecular weight excluding hydrogens is 989 g/mol. The molecular formula is C39H28Cl6N6O10S2. The van der Waals surface area contributed by atoms with Gasteiger partial charge in [-0.25, -0.2) is 9.36 Å². The zero-order valence-corrected chi connectivity index (χ0v) is 38.0. The lowest BCUT2D eigenvalue weighted by molar-refractivity contribution is 0.0945. The molecule has 0 radical (unpaired) electrons. The van der Waals surface area contributed by atoms with Crippen LogP contribution in [0.4, 0.5) is 0 Å². The van der Waals surface area contributed by atoms with Gasteiger partial charge in [-0.15, -0.1) is 12.6 Å². The van der Waals surface area contributed by atoms with E-state index in [9.17, 15) is 22.6 Å². The van der Waals surface area contributed by atoms with E-state index in [1.807, 2.05) is 0 Å². The fourth-order valence-corrected chi connectivity index (χ4v) is 9.34. The second kappa shape index (κ2) is 19.1. The highest BCUT2D eigenvalue weighted by Crippen LogP contribution is 2.45. The Bertz CT molecular complexity index is 3070. The summed E-state index contributed by atoms with van der Waals surface area (Å²) in [5.74, 6) is -0.661. The number of carbonyl (C=O) groups is 2. The summed E-state index contributed by atoms with van der Waals surface area (Å²) in [6, 6.07) is 17.7. The molecule has 2 aromatic heterocycles. The molecule has 8 rings (SSSR count). The monoisotopic (exact) mass is 1010 g/mol. The Balaban J connectivity index is 0.00000143. The van der Waals surface area contributed by atoms with Gasteiger partial charge >= 0.3 is 10.6 Å². The molecule has 6 aromatic rings. The quantitative estimate of drug-likeness (QED) is 0.0928. The molecule has 0 spiro atoms. The summed E-state index contributed by atoms with van der Waals surface area (Å²) in [5, 5.41) is 16.7. The highest BCUT2D eigenvalue weighted by molar-refractivity contribution is 7.86. The average Bonchev–Trinajstić information content (AvgIpc) is 3.62. The zero-order valence-electron chi connectivity index (χ0n) is 31.8. The van der Waals surface area contributed by atoms with E-state index in [2.05, 4.69) is 15.7 Å². The third kappa shape index (κ3) is 9.79. The predicted molar refractivity (Wildman–Crippen MR) is 235 cm³/mol. The van der Waals surface area contributed by atoms with Crippen LogP contribution in [0.3, 0.4) is 0 Å². The van der Waals surface area contributed by atoms with Crippen LogP contribution in [0.2, 0.25) is 30.1 Å². The second-order valence-corrected chi connectivity index (χ2v) is 17.8. The van der Waals surface area contributed by atoms with Gasteiger partial charge in [0.25, 0.3) is 21.9 Å². The molecule has 0 unspecified atom stereocenters. The summed E-state index contributed by atoms with van der Waals surface area (Å²) < 4.78 is 75.2. The van der Waals surface area contributed by atoms with E-state index >= 15 is 0 Å². The van der Waals surface area contributed by atoms with E-state index in [4.69, 9.17) is 96.8 Å². The van der Waals surface area contributed by atoms with Crippen LogP contribution >= 0.6 is 69.6 Å². The first-order valence-corrected chi connectivity index (χ1v) is 23.0. The fraction of sp³-hybridized carbons (Fsp3) is 0.179. The van der Waals surface area contributed by atoms with Crippen LogP contribution < -0.4 is 20.1 Å². The standard InChI is InChI=1S/C39H28Cl6N6O7S.O3S/c40-19-3-8-29(27(44)16-19)50-34-22-5-2-21(42)18-31(22)57-14-10-23(34)32(48-50)38(52)46-12-1-13-47-39(53)33-24-11-15-58-36-25(6-7-26(43)37(36)59(54,55)56)35(24)51(49-33)30-9-4-20(41)17-28(30)45;1-4(2)3/h2-9,16-18H,1,10-15H2,(H,46,52)(H,47,53)(H,54,55,56);. The summed E-state index contributed by atoms with van der Waals surface area (Å²) in [5.41, 5.74) is 3.92. The number of benzene rings is 4. The van der Waals surface area contributed by atoms with Gasteiger partial charge in [0.15, 0.2) is 22.0 Å². The number of hydrogen-bond donors (Lipinski definition) is 3. The maximum Gasteiger partial charge on any atom is 0.425 e. The van der Waals surface area contributed by atoms with Gasteiger partial charge in [0.1, 0.15) is 5.75 Å². The van der Waals surface area contributed by atoms with Crippen LogP contribution in [0.15, 0.2) is 71.6 Å². The van der Waals surface area contributed by atoms with Crippen molar-refractivity contribution in [1.29, 1.82) is 0 Å². The Morgan fingerprint density at radius 3 is 1.63 bits per heavy atom. The summed E-state index contributed by atoms with van der Waals surface area (Å²) in [6.07, 6.45) is 0.808. The second-order valence-electron chi connectivity index (χ2n) is 13.5. The van der Waals surface area contributed by atoms with E-state index in [0.717, 1.165) is 0 Å². The van der Waals surface area contributed by atoms with Crippen molar-refractivity contribution in [2.45, 2.75) is 24.2 Å². The van der Waals surface area contributed by atoms with Gasteiger partial charge in [-0.05, 0) is 73.2 Å². The normalized spacial score (nSPS) is 12.7. The molecule has 0 fully saturated rings. The zero-order chi connectivity index (χ0) is 45.3. The number of aromatic nitrogens is 4. The molecule has 0 aliphatic carbocycles. The number of nitrogens with one attached hydrogen (secondary N) is 2. The Kier molecular flexibility index (Phi) is 14.0. The molecule has 24 heteroatoms. The van der Waals surface area contributed by atoms with Crippen molar-refractivity contribution >= 4 is 102 Å². The molecule has 16 nitrogen and oxygen atoms in total. The van der Waals surface area contributed by atoms with Gasteiger partial charge in [0, 0.05) is 63.3 Å². The molecule has 3 N–H and O–H groups in total. The van der Waals surface area contributed by atoms with Crippen molar-refractivity contribution in [1.82, 2.24) is 30.2 Å². The van der Waals surface area contributed by atoms with Gasteiger partial charge in [0.05, 0.1) is 51.0 Å². The van der Waals surface area contributed by atoms with E-state index in [-0.39, 0.29) is 65.5 Å². The maximum absolute atomic E-state index is 13.8. The number of carbonyl (C=O) groups excluding carboxylic acids is 2. The van der Waals surface area contributed by atoms with Crippen LogP contribution in [0.25, 0.3) is 33.9 Å². The maximum atomic E-state index is 13.8. The predicted octanol–water partition coefficient (Wildman–Crippen LogP) is 7.97. The molecule has 4 aromatic carbocycles. The molecule has 0 saturated carbocycles. The first-order valence-electron chi connectivity index (χ1n) is 18.3. The molecule has 0 bridgehead atoms. The van der Waals surface area contributed by atoms with Crippen molar-refractivity contribution in [3.63, 3.8) is 0 Å². The minimum Gasteiger partial charge on any atom is -0.492 e. The number of amides is 2. The summed E-state index contributed by atoms with van der Waals surface area (Å²) in [6.45, 7) is 0.485. The average molecular weight is 1020 g/mol. The number of halogens is 6. The van der Waals surface area contributed by atoms with Crippen molar-refractivity contribution in [2.24, 2.45) is 0 Å². The Hall–Kier alpha value is -4.89. The first kappa shape index (κ1) is 46.1. The van der Waals surface area contributed by atoms with Crippen LogP contribution in [-0.4, -0.2) is 83.3 Å². The van der Waals surface area contributed by atoms with Gasteiger partial charge in [-0.2, -0.15) is 18.6 Å². The summed E-state index contributed by atoms with van der Waals surface area (Å²) in [7, 11) is -7.95. The smallest absolute Gasteiger partial charge is 0.425 e. The molecule has 2 amide bonds. The molecule has 0 atom stereocenters. The van der Waals surface area contributed by atoms with Crippen LogP contribution in [-0.2, 0) is 33.6 Å². The van der Waals surface area contributed by atoms with Crippen LogP contribution in [0.5, 0.6) is 11.5 Å².